The largest absolute Gasteiger partial charge is 0.445 e. The zero-order chi connectivity index (χ0) is 37.6. The van der Waals surface area contributed by atoms with E-state index in [0.29, 0.717) is 32.4 Å². The second kappa shape index (κ2) is 18.7. The third kappa shape index (κ3) is 11.7. The number of nitrogens with zero attached hydrogens (tertiary/aromatic N) is 1. The molecule has 1 aliphatic heterocycles. The number of alkyl carbamates (subject to hydrolysis) is 1. The van der Waals surface area contributed by atoms with E-state index < -0.39 is 35.8 Å². The van der Waals surface area contributed by atoms with Crippen molar-refractivity contribution in [2.24, 2.45) is 0 Å². The second-order valence-corrected chi connectivity index (χ2v) is 14.3. The molecule has 0 unspecified atom stereocenters. The zero-order valence-corrected chi connectivity index (χ0v) is 30.8. The van der Waals surface area contributed by atoms with Crippen LogP contribution in [0, 0.1) is 0 Å². The number of benzene rings is 4. The smallest absolute Gasteiger partial charge is 0.411 e. The molecule has 2 atom stereocenters. The van der Waals surface area contributed by atoms with Gasteiger partial charge in [-0.3, -0.25) is 14.5 Å². The molecule has 4 aromatic rings. The maximum atomic E-state index is 14.2. The van der Waals surface area contributed by atoms with Gasteiger partial charge in [-0.05, 0) is 67.9 Å². The minimum absolute atomic E-state index is 0.0680. The van der Waals surface area contributed by atoms with Gasteiger partial charge in [0.15, 0.2) is 0 Å². The predicted octanol–water partition coefficient (Wildman–Crippen LogP) is 6.88. The lowest BCUT2D eigenvalue weighted by Crippen LogP contribution is -2.57. The fourth-order valence-corrected chi connectivity index (χ4v) is 6.39. The lowest BCUT2D eigenvalue weighted by atomic mass is 9.91. The number of unbranched alkanes of at least 4 members (excludes halogenated alkanes) is 1. The first-order valence-corrected chi connectivity index (χ1v) is 18.3. The van der Waals surface area contributed by atoms with Gasteiger partial charge in [0.1, 0.15) is 24.3 Å². The van der Waals surface area contributed by atoms with Gasteiger partial charge in [0.05, 0.1) is 6.54 Å². The molecular weight excluding hydrogens is 668 g/mol. The molecule has 1 heterocycles. The number of hydrogen-bond acceptors (Lipinski definition) is 6. The fourth-order valence-electron chi connectivity index (χ4n) is 6.39. The summed E-state index contributed by atoms with van der Waals surface area (Å²) in [5, 5.41) is 8.87. The van der Waals surface area contributed by atoms with E-state index in [0.717, 1.165) is 27.8 Å². The maximum absolute atomic E-state index is 14.2. The number of fused-ring (bicyclic) bond motifs is 1. The Bertz CT molecular complexity index is 1760. The minimum atomic E-state index is -0.893. The lowest BCUT2D eigenvalue weighted by molar-refractivity contribution is -0.132. The summed E-state index contributed by atoms with van der Waals surface area (Å²) < 4.78 is 11.0. The molecule has 278 valence electrons. The molecule has 0 saturated heterocycles. The Morgan fingerprint density at radius 2 is 1.34 bits per heavy atom. The number of nitrogens with one attached hydrogen (secondary N) is 3. The highest BCUT2D eigenvalue weighted by atomic mass is 16.6. The highest BCUT2D eigenvalue weighted by Gasteiger charge is 2.37. The third-order valence-electron chi connectivity index (χ3n) is 9.10. The van der Waals surface area contributed by atoms with Crippen LogP contribution in [-0.2, 0) is 38.6 Å². The second-order valence-electron chi connectivity index (χ2n) is 14.3. The van der Waals surface area contributed by atoms with Crippen molar-refractivity contribution in [3.05, 3.63) is 143 Å². The van der Waals surface area contributed by atoms with Crippen LogP contribution in [0.4, 0.5) is 9.59 Å². The summed E-state index contributed by atoms with van der Waals surface area (Å²) in [6, 6.07) is 35.2. The number of amides is 4. The van der Waals surface area contributed by atoms with Crippen LogP contribution in [0.3, 0.4) is 0 Å². The van der Waals surface area contributed by atoms with Crippen molar-refractivity contribution >= 4 is 24.0 Å². The van der Waals surface area contributed by atoms with Crippen molar-refractivity contribution in [3.63, 3.8) is 0 Å². The molecular formula is C43H50N4O6. The summed E-state index contributed by atoms with van der Waals surface area (Å²) in [5.41, 5.74) is 4.23. The van der Waals surface area contributed by atoms with Crippen LogP contribution in [0.2, 0.25) is 0 Å². The molecule has 3 N–H and O–H groups in total. The summed E-state index contributed by atoms with van der Waals surface area (Å²) in [7, 11) is 0. The Hall–Kier alpha value is -5.64. The zero-order valence-electron chi connectivity index (χ0n) is 30.8. The molecule has 0 aromatic heterocycles. The van der Waals surface area contributed by atoms with Gasteiger partial charge in [0.25, 0.3) is 0 Å². The average Bonchev–Trinajstić information content (AvgIpc) is 3.16. The molecule has 4 aromatic carbocycles. The maximum Gasteiger partial charge on any atom is 0.411 e. The fraction of sp³-hybridized carbons (Fsp3) is 0.349. The van der Waals surface area contributed by atoms with E-state index in [1.165, 1.54) is 4.90 Å². The molecule has 4 amide bonds. The van der Waals surface area contributed by atoms with Gasteiger partial charge in [0.2, 0.25) is 11.8 Å². The molecule has 10 nitrogen and oxygen atoms in total. The number of rotatable bonds is 14. The van der Waals surface area contributed by atoms with Crippen molar-refractivity contribution in [1.82, 2.24) is 20.9 Å². The Morgan fingerprint density at radius 3 is 1.96 bits per heavy atom. The standard InChI is InChI=1S/C43H50N4O6/c1-43(2,3)53-41(50)44-26-16-15-25-37(39(48)45-28-36(32-19-9-5-10-20-32)33-21-11-6-12-22-33)46-40(49)38-27-34-23-13-14-24-35(34)29-47(38)42(51)52-30-31-17-7-4-8-18-31/h4-14,17-24,36-38H,15-16,25-30H2,1-3H3,(H,44,50)(H,45,48)(H,46,49)/t37-,38-/m0/s1. The van der Waals surface area contributed by atoms with Gasteiger partial charge in [-0.25, -0.2) is 9.59 Å². The Kier molecular flexibility index (Phi) is 13.6. The van der Waals surface area contributed by atoms with Gasteiger partial charge < -0.3 is 25.4 Å². The van der Waals surface area contributed by atoms with Crippen LogP contribution in [0.1, 0.15) is 73.8 Å². The van der Waals surface area contributed by atoms with E-state index in [-0.39, 0.29) is 31.4 Å². The predicted molar refractivity (Wildman–Crippen MR) is 204 cm³/mol. The van der Waals surface area contributed by atoms with E-state index in [1.54, 1.807) is 20.8 Å². The van der Waals surface area contributed by atoms with Crippen LogP contribution in [0.15, 0.2) is 115 Å². The average molecular weight is 719 g/mol. The summed E-state index contributed by atoms with van der Waals surface area (Å²) in [6.07, 6.45) is 0.573. The van der Waals surface area contributed by atoms with E-state index in [4.69, 9.17) is 9.47 Å². The van der Waals surface area contributed by atoms with E-state index in [2.05, 4.69) is 16.0 Å². The van der Waals surface area contributed by atoms with E-state index >= 15 is 0 Å². The number of ether oxygens (including phenoxy) is 2. The molecule has 0 saturated carbocycles. The van der Waals surface area contributed by atoms with Crippen LogP contribution >= 0.6 is 0 Å². The van der Waals surface area contributed by atoms with E-state index in [1.807, 2.05) is 115 Å². The molecule has 0 radical (unpaired) electrons. The normalized spacial score (nSPS) is 14.4. The first-order chi connectivity index (χ1) is 25.6. The topological polar surface area (TPSA) is 126 Å². The highest BCUT2D eigenvalue weighted by Crippen LogP contribution is 2.26. The van der Waals surface area contributed by atoms with E-state index in [9.17, 15) is 19.2 Å². The van der Waals surface area contributed by atoms with Crippen LogP contribution in [-0.4, -0.2) is 59.7 Å². The molecule has 5 rings (SSSR count). The molecule has 1 aliphatic rings. The third-order valence-corrected chi connectivity index (χ3v) is 9.10. The van der Waals surface area contributed by atoms with Crippen LogP contribution in [0.25, 0.3) is 0 Å². The Morgan fingerprint density at radius 1 is 0.755 bits per heavy atom. The number of carbonyl (C=O) groups excluding carboxylic acids is 4. The van der Waals surface area contributed by atoms with Crippen LogP contribution in [0.5, 0.6) is 0 Å². The van der Waals surface area contributed by atoms with Gasteiger partial charge in [0, 0.05) is 25.4 Å². The van der Waals surface area contributed by atoms with Crippen molar-refractivity contribution in [3.8, 4) is 0 Å². The molecule has 10 heteroatoms. The molecule has 0 bridgehead atoms. The number of carbonyl (C=O) groups is 4. The minimum Gasteiger partial charge on any atom is -0.445 e. The monoisotopic (exact) mass is 718 g/mol. The molecule has 53 heavy (non-hydrogen) atoms. The molecule has 0 fully saturated rings. The van der Waals surface area contributed by atoms with Gasteiger partial charge >= 0.3 is 12.2 Å². The summed E-state index contributed by atoms with van der Waals surface area (Å²) in [4.78, 5) is 55.4. The van der Waals surface area contributed by atoms with Crippen molar-refractivity contribution in [2.75, 3.05) is 13.1 Å². The first kappa shape index (κ1) is 38.6. The van der Waals surface area contributed by atoms with Gasteiger partial charge in [-0.1, -0.05) is 115 Å². The van der Waals surface area contributed by atoms with Crippen molar-refractivity contribution in [1.29, 1.82) is 0 Å². The summed E-state index contributed by atoms with van der Waals surface area (Å²) in [5.74, 6) is -0.879. The lowest BCUT2D eigenvalue weighted by Gasteiger charge is -2.36. The summed E-state index contributed by atoms with van der Waals surface area (Å²) in [6.45, 7) is 6.33. The molecule has 0 spiro atoms. The Balaban J connectivity index is 1.31. The first-order valence-electron chi connectivity index (χ1n) is 18.3. The van der Waals surface area contributed by atoms with Crippen molar-refractivity contribution < 1.29 is 28.7 Å². The Labute approximate surface area is 312 Å². The number of hydrogen-bond donors (Lipinski definition) is 3. The summed E-state index contributed by atoms with van der Waals surface area (Å²) >= 11 is 0. The highest BCUT2D eigenvalue weighted by molar-refractivity contribution is 5.91. The molecule has 0 aliphatic carbocycles. The van der Waals surface area contributed by atoms with Crippen molar-refractivity contribution in [2.45, 2.75) is 83.2 Å². The van der Waals surface area contributed by atoms with Crippen LogP contribution < -0.4 is 16.0 Å². The quantitative estimate of drug-likeness (QED) is 0.122. The SMILES string of the molecule is CC(C)(C)OC(=O)NCCCC[C@H](NC(=O)[C@@H]1Cc2ccccc2CN1C(=O)OCc1ccccc1)C(=O)NCC(c1ccccc1)c1ccccc1. The van der Waals surface area contributed by atoms with Gasteiger partial charge in [-0.2, -0.15) is 0 Å². The van der Waals surface area contributed by atoms with Gasteiger partial charge in [-0.15, -0.1) is 0 Å².